The fourth-order valence-electron chi connectivity index (χ4n) is 3.61. The molecule has 2 N–H and O–H groups in total. The van der Waals surface area contributed by atoms with Crippen LogP contribution in [0.25, 0.3) is 0 Å². The number of urea groups is 1. The molecule has 0 spiro atoms. The average molecular weight is 392 g/mol. The van der Waals surface area contributed by atoms with Crippen molar-refractivity contribution in [3.63, 3.8) is 0 Å². The molecule has 0 aromatic heterocycles. The highest BCUT2D eigenvalue weighted by Crippen LogP contribution is 2.24. The number of carboxylic acids is 1. The van der Waals surface area contributed by atoms with Gasteiger partial charge in [0.25, 0.3) is 0 Å². The van der Waals surface area contributed by atoms with Crippen LogP contribution in [0.5, 0.6) is 0 Å². The predicted molar refractivity (Wildman–Crippen MR) is 108 cm³/mol. The fourth-order valence-corrected chi connectivity index (χ4v) is 3.61. The molecule has 28 heavy (non-hydrogen) atoms. The molecule has 1 aliphatic rings. The van der Waals surface area contributed by atoms with Gasteiger partial charge in [-0.1, -0.05) is 38.1 Å². The minimum atomic E-state index is -0.873. The van der Waals surface area contributed by atoms with Crippen molar-refractivity contribution in [2.45, 2.75) is 39.3 Å². The molecule has 0 aliphatic carbocycles. The standard InChI is InChI=1S/C21H33N3O4/c1-15(2)11-19(18-8-6-5-7-16(18)3)22-21(27)24-9-10-28-17(13-24)12-23(4)14-20(25)26/h5-8,15,17,19H,9-14H2,1-4H3,(H,22,27)(H,25,26). The molecule has 1 heterocycles. The zero-order valence-corrected chi connectivity index (χ0v) is 17.4. The molecule has 7 heteroatoms. The first-order chi connectivity index (χ1) is 13.3. The van der Waals surface area contributed by atoms with E-state index in [1.807, 2.05) is 12.1 Å². The minimum absolute atomic E-state index is 0.0373. The van der Waals surface area contributed by atoms with Gasteiger partial charge in [0.05, 0.1) is 25.3 Å². The second-order valence-corrected chi connectivity index (χ2v) is 8.02. The SMILES string of the molecule is Cc1ccccc1C(CC(C)C)NC(=O)N1CCOC(CN(C)CC(=O)O)C1. The molecule has 2 amide bonds. The third kappa shape index (κ3) is 6.80. The maximum Gasteiger partial charge on any atom is 0.318 e. The molecule has 0 radical (unpaired) electrons. The van der Waals surface area contributed by atoms with E-state index in [0.29, 0.717) is 32.2 Å². The van der Waals surface area contributed by atoms with Gasteiger partial charge in [-0.15, -0.1) is 0 Å². The molecule has 0 bridgehead atoms. The number of nitrogens with zero attached hydrogens (tertiary/aromatic N) is 2. The lowest BCUT2D eigenvalue weighted by atomic mass is 9.94. The molecular weight excluding hydrogens is 358 g/mol. The lowest BCUT2D eigenvalue weighted by molar-refractivity contribution is -0.138. The van der Waals surface area contributed by atoms with Crippen LogP contribution in [-0.4, -0.2) is 72.8 Å². The first-order valence-electron chi connectivity index (χ1n) is 9.89. The normalized spacial score (nSPS) is 18.4. The van der Waals surface area contributed by atoms with Crippen LogP contribution in [-0.2, 0) is 9.53 Å². The minimum Gasteiger partial charge on any atom is -0.480 e. The van der Waals surface area contributed by atoms with Gasteiger partial charge in [0.15, 0.2) is 0 Å². The van der Waals surface area contributed by atoms with E-state index in [1.54, 1.807) is 16.8 Å². The highest BCUT2D eigenvalue weighted by molar-refractivity contribution is 5.75. The molecule has 2 unspecified atom stereocenters. The molecule has 1 saturated heterocycles. The van der Waals surface area contributed by atoms with Crippen LogP contribution in [0.15, 0.2) is 24.3 Å². The predicted octanol–water partition coefficient (Wildman–Crippen LogP) is 2.51. The van der Waals surface area contributed by atoms with Crippen LogP contribution in [0.3, 0.4) is 0 Å². The van der Waals surface area contributed by atoms with E-state index in [2.05, 4.69) is 38.2 Å². The first kappa shape index (κ1) is 22.2. The number of hydrogen-bond donors (Lipinski definition) is 2. The summed E-state index contributed by atoms with van der Waals surface area (Å²) in [5.74, 6) is -0.422. The van der Waals surface area contributed by atoms with Gasteiger partial charge in [-0.25, -0.2) is 4.79 Å². The van der Waals surface area contributed by atoms with Crippen molar-refractivity contribution in [2.24, 2.45) is 5.92 Å². The molecule has 2 rings (SSSR count). The van der Waals surface area contributed by atoms with E-state index >= 15 is 0 Å². The molecule has 1 aliphatic heterocycles. The van der Waals surface area contributed by atoms with Crippen molar-refractivity contribution in [3.05, 3.63) is 35.4 Å². The Morgan fingerprint density at radius 3 is 2.71 bits per heavy atom. The van der Waals surface area contributed by atoms with Crippen LogP contribution < -0.4 is 5.32 Å². The summed E-state index contributed by atoms with van der Waals surface area (Å²) in [7, 11) is 1.74. The van der Waals surface area contributed by atoms with Crippen molar-refractivity contribution < 1.29 is 19.4 Å². The molecule has 156 valence electrons. The average Bonchev–Trinajstić information content (AvgIpc) is 2.60. The summed E-state index contributed by atoms with van der Waals surface area (Å²) < 4.78 is 5.73. The Bertz CT molecular complexity index is 665. The van der Waals surface area contributed by atoms with Crippen LogP contribution in [0.4, 0.5) is 4.79 Å². The van der Waals surface area contributed by atoms with Crippen molar-refractivity contribution in [2.75, 3.05) is 39.8 Å². The van der Waals surface area contributed by atoms with Gasteiger partial charge in [0, 0.05) is 19.6 Å². The summed E-state index contributed by atoms with van der Waals surface area (Å²) in [6.07, 6.45) is 0.678. The number of aryl methyl sites for hydroxylation is 1. The molecule has 1 fully saturated rings. The molecule has 1 aromatic rings. The topological polar surface area (TPSA) is 82.1 Å². The largest absolute Gasteiger partial charge is 0.480 e. The van der Waals surface area contributed by atoms with E-state index < -0.39 is 5.97 Å². The summed E-state index contributed by atoms with van der Waals surface area (Å²) in [6, 6.07) is 8.02. The number of nitrogens with one attached hydrogen (secondary N) is 1. The number of carbonyl (C=O) groups excluding carboxylic acids is 1. The zero-order chi connectivity index (χ0) is 20.7. The van der Waals surface area contributed by atoms with E-state index in [-0.39, 0.29) is 24.7 Å². The molecule has 0 saturated carbocycles. The fraction of sp³-hybridized carbons (Fsp3) is 0.619. The number of amides is 2. The number of carbonyl (C=O) groups is 2. The Morgan fingerprint density at radius 2 is 2.07 bits per heavy atom. The Labute approximate surface area is 167 Å². The van der Waals surface area contributed by atoms with Gasteiger partial charge in [0.2, 0.25) is 0 Å². The molecule has 2 atom stereocenters. The first-order valence-corrected chi connectivity index (χ1v) is 9.89. The summed E-state index contributed by atoms with van der Waals surface area (Å²) in [5.41, 5.74) is 2.32. The van der Waals surface area contributed by atoms with Crippen molar-refractivity contribution in [3.8, 4) is 0 Å². The van der Waals surface area contributed by atoms with Crippen LogP contribution >= 0.6 is 0 Å². The van der Waals surface area contributed by atoms with Gasteiger partial charge in [-0.2, -0.15) is 0 Å². The number of rotatable bonds is 8. The Hall–Kier alpha value is -2.12. The number of morpholine rings is 1. The summed E-state index contributed by atoms with van der Waals surface area (Å²) in [5, 5.41) is 12.1. The van der Waals surface area contributed by atoms with Crippen LogP contribution in [0.1, 0.15) is 37.4 Å². The summed E-state index contributed by atoms with van der Waals surface area (Å²) in [6.45, 7) is 8.25. The maximum absolute atomic E-state index is 12.9. The third-order valence-corrected chi connectivity index (χ3v) is 4.92. The van der Waals surface area contributed by atoms with E-state index in [1.165, 1.54) is 5.56 Å². The van der Waals surface area contributed by atoms with Gasteiger partial charge < -0.3 is 20.1 Å². The lowest BCUT2D eigenvalue weighted by Gasteiger charge is -2.35. The lowest BCUT2D eigenvalue weighted by Crippen LogP contribution is -2.53. The van der Waals surface area contributed by atoms with Gasteiger partial charge in [-0.3, -0.25) is 9.69 Å². The third-order valence-electron chi connectivity index (χ3n) is 4.92. The van der Waals surface area contributed by atoms with E-state index in [0.717, 1.165) is 12.0 Å². The second kappa shape index (κ2) is 10.4. The van der Waals surface area contributed by atoms with E-state index in [9.17, 15) is 9.59 Å². The summed E-state index contributed by atoms with van der Waals surface area (Å²) in [4.78, 5) is 27.2. The number of hydrogen-bond acceptors (Lipinski definition) is 4. The Morgan fingerprint density at radius 1 is 1.36 bits per heavy atom. The number of benzene rings is 1. The zero-order valence-electron chi connectivity index (χ0n) is 17.4. The van der Waals surface area contributed by atoms with Crippen molar-refractivity contribution in [1.82, 2.24) is 15.1 Å². The smallest absolute Gasteiger partial charge is 0.318 e. The van der Waals surface area contributed by atoms with Crippen molar-refractivity contribution in [1.29, 1.82) is 0 Å². The quantitative estimate of drug-likeness (QED) is 0.712. The number of aliphatic carboxylic acids is 1. The summed E-state index contributed by atoms with van der Waals surface area (Å²) >= 11 is 0. The highest BCUT2D eigenvalue weighted by atomic mass is 16.5. The Kier molecular flexibility index (Phi) is 8.26. The number of carboxylic acid groups (broad SMARTS) is 1. The van der Waals surface area contributed by atoms with Crippen LogP contribution in [0, 0.1) is 12.8 Å². The Balaban J connectivity index is 2.00. The molecular formula is C21H33N3O4. The number of likely N-dealkylation sites (N-methyl/N-ethyl adjacent to an activating group) is 1. The van der Waals surface area contributed by atoms with Crippen LogP contribution in [0.2, 0.25) is 0 Å². The highest BCUT2D eigenvalue weighted by Gasteiger charge is 2.27. The van der Waals surface area contributed by atoms with Crippen molar-refractivity contribution >= 4 is 12.0 Å². The number of ether oxygens (including phenoxy) is 1. The van der Waals surface area contributed by atoms with Gasteiger partial charge >= 0.3 is 12.0 Å². The molecule has 7 nitrogen and oxygen atoms in total. The van der Waals surface area contributed by atoms with Gasteiger partial charge in [0.1, 0.15) is 0 Å². The second-order valence-electron chi connectivity index (χ2n) is 8.02. The van der Waals surface area contributed by atoms with E-state index in [4.69, 9.17) is 9.84 Å². The monoisotopic (exact) mass is 391 g/mol. The maximum atomic E-state index is 12.9. The molecule has 1 aromatic carbocycles. The van der Waals surface area contributed by atoms with Gasteiger partial charge in [-0.05, 0) is 37.4 Å².